The lowest BCUT2D eigenvalue weighted by Gasteiger charge is -2.14. The van der Waals surface area contributed by atoms with E-state index >= 15 is 0 Å². The normalized spacial score (nSPS) is 14.2. The van der Waals surface area contributed by atoms with Crippen molar-refractivity contribution in [2.75, 3.05) is 19.0 Å². The van der Waals surface area contributed by atoms with Crippen molar-refractivity contribution in [2.24, 2.45) is 0 Å². The lowest BCUT2D eigenvalue weighted by molar-refractivity contribution is -0.143. The van der Waals surface area contributed by atoms with Gasteiger partial charge in [-0.2, -0.15) is 0 Å². The summed E-state index contributed by atoms with van der Waals surface area (Å²) in [6.07, 6.45) is 0.290. The van der Waals surface area contributed by atoms with Gasteiger partial charge < -0.3 is 20.5 Å². The Labute approximate surface area is 114 Å². The minimum Gasteiger partial charge on any atom is -0.467 e. The largest absolute Gasteiger partial charge is 0.467 e. The number of nitrogens with one attached hydrogen (secondary N) is 2. The van der Waals surface area contributed by atoms with Crippen molar-refractivity contribution in [1.29, 1.82) is 0 Å². The summed E-state index contributed by atoms with van der Waals surface area (Å²) in [6, 6.07) is 3.64. The summed E-state index contributed by atoms with van der Waals surface area (Å²) in [7, 11) is 1.17. The molecule has 1 atom stereocenters. The number of aliphatic hydroxyl groups is 1. The maximum Gasteiger partial charge on any atom is 0.330 e. The second-order valence-electron chi connectivity index (χ2n) is 4.33. The van der Waals surface area contributed by atoms with Crippen molar-refractivity contribution in [3.05, 3.63) is 29.3 Å². The molecule has 2 rings (SSSR count). The average Bonchev–Trinajstić information content (AvgIpc) is 2.82. The Morgan fingerprint density at radius 1 is 1.50 bits per heavy atom. The van der Waals surface area contributed by atoms with E-state index in [1.54, 1.807) is 12.1 Å². The molecule has 0 spiro atoms. The van der Waals surface area contributed by atoms with E-state index in [1.807, 2.05) is 0 Å². The van der Waals surface area contributed by atoms with Crippen LogP contribution in [0.25, 0.3) is 0 Å². The number of benzene rings is 1. The SMILES string of the molecule is COC(=O)C(CO)NC(=O)c1ccc2c(c1)NC(=O)C2. The van der Waals surface area contributed by atoms with E-state index in [2.05, 4.69) is 15.4 Å². The van der Waals surface area contributed by atoms with E-state index < -0.39 is 24.5 Å². The van der Waals surface area contributed by atoms with Crippen molar-refractivity contribution in [1.82, 2.24) is 5.32 Å². The molecule has 0 saturated carbocycles. The van der Waals surface area contributed by atoms with E-state index in [1.165, 1.54) is 13.2 Å². The zero-order valence-electron chi connectivity index (χ0n) is 10.8. The molecule has 7 nitrogen and oxygen atoms in total. The second kappa shape index (κ2) is 5.70. The van der Waals surface area contributed by atoms with Gasteiger partial charge in [-0.25, -0.2) is 4.79 Å². The van der Waals surface area contributed by atoms with E-state index in [9.17, 15) is 14.4 Å². The molecule has 1 aliphatic heterocycles. The van der Waals surface area contributed by atoms with E-state index in [4.69, 9.17) is 5.11 Å². The highest BCUT2D eigenvalue weighted by molar-refractivity contribution is 6.02. The van der Waals surface area contributed by atoms with Gasteiger partial charge in [0.1, 0.15) is 0 Å². The lowest BCUT2D eigenvalue weighted by Crippen LogP contribution is -2.44. The number of methoxy groups -OCH3 is 1. The third-order valence-electron chi connectivity index (χ3n) is 2.97. The third-order valence-corrected chi connectivity index (χ3v) is 2.97. The Bertz CT molecular complexity index is 570. The Balaban J connectivity index is 2.12. The molecule has 106 valence electrons. The standard InChI is InChI=1S/C13H14N2O5/c1-20-13(19)10(6-16)15-12(18)8-3-2-7-5-11(17)14-9(7)4-8/h2-4,10,16H,5-6H2,1H3,(H,14,17)(H,15,18). The minimum absolute atomic E-state index is 0.125. The first-order chi connectivity index (χ1) is 9.55. The molecule has 1 heterocycles. The predicted octanol–water partition coefficient (Wildman–Crippen LogP) is -0.555. The molecule has 0 bridgehead atoms. The van der Waals surface area contributed by atoms with Gasteiger partial charge in [-0.15, -0.1) is 0 Å². The molecule has 20 heavy (non-hydrogen) atoms. The van der Waals surface area contributed by atoms with E-state index in [0.29, 0.717) is 12.1 Å². The highest BCUT2D eigenvalue weighted by Crippen LogP contribution is 2.23. The summed E-state index contributed by atoms with van der Waals surface area (Å²) < 4.78 is 4.46. The fraction of sp³-hybridized carbons (Fsp3) is 0.308. The molecule has 0 saturated heterocycles. The zero-order chi connectivity index (χ0) is 14.7. The predicted molar refractivity (Wildman–Crippen MR) is 69.1 cm³/mol. The molecule has 0 radical (unpaired) electrons. The highest BCUT2D eigenvalue weighted by atomic mass is 16.5. The Kier molecular flexibility index (Phi) is 3.99. The minimum atomic E-state index is -1.12. The van der Waals surface area contributed by atoms with Gasteiger partial charge in [-0.3, -0.25) is 9.59 Å². The number of amides is 2. The molecule has 3 N–H and O–H groups in total. The van der Waals surface area contributed by atoms with Crippen LogP contribution in [0, 0.1) is 0 Å². The topological polar surface area (TPSA) is 105 Å². The van der Waals surface area contributed by atoms with Crippen LogP contribution in [-0.2, 0) is 20.7 Å². The molecular weight excluding hydrogens is 264 g/mol. The molecule has 1 aromatic rings. The quantitative estimate of drug-likeness (QED) is 0.641. The van der Waals surface area contributed by atoms with Crippen LogP contribution < -0.4 is 10.6 Å². The van der Waals surface area contributed by atoms with Crippen LogP contribution in [-0.4, -0.2) is 42.6 Å². The second-order valence-corrected chi connectivity index (χ2v) is 4.33. The maximum atomic E-state index is 12.0. The van der Waals surface area contributed by atoms with Crippen LogP contribution in [0.3, 0.4) is 0 Å². The molecular formula is C13H14N2O5. The number of ether oxygens (including phenoxy) is 1. The first kappa shape index (κ1) is 14.0. The van der Waals surface area contributed by atoms with Gasteiger partial charge in [0.2, 0.25) is 5.91 Å². The van der Waals surface area contributed by atoms with Crippen molar-refractivity contribution in [3.63, 3.8) is 0 Å². The Hall–Kier alpha value is -2.41. The zero-order valence-corrected chi connectivity index (χ0v) is 10.8. The number of hydrogen-bond donors (Lipinski definition) is 3. The van der Waals surface area contributed by atoms with Crippen LogP contribution >= 0.6 is 0 Å². The fourth-order valence-electron chi connectivity index (χ4n) is 1.92. The molecule has 2 amide bonds. The van der Waals surface area contributed by atoms with Crippen molar-refractivity contribution < 1.29 is 24.2 Å². The Morgan fingerprint density at radius 2 is 2.25 bits per heavy atom. The first-order valence-electron chi connectivity index (χ1n) is 5.97. The molecule has 1 unspecified atom stereocenters. The molecule has 1 aliphatic rings. The Morgan fingerprint density at radius 3 is 2.90 bits per heavy atom. The number of fused-ring (bicyclic) bond motifs is 1. The number of esters is 1. The summed E-state index contributed by atoms with van der Waals surface area (Å²) >= 11 is 0. The summed E-state index contributed by atoms with van der Waals surface area (Å²) in [5, 5.41) is 14.0. The smallest absolute Gasteiger partial charge is 0.330 e. The van der Waals surface area contributed by atoms with E-state index in [-0.39, 0.29) is 11.5 Å². The van der Waals surface area contributed by atoms with Crippen LogP contribution in [0.1, 0.15) is 15.9 Å². The first-order valence-corrected chi connectivity index (χ1v) is 5.97. The van der Waals surface area contributed by atoms with Crippen molar-refractivity contribution in [3.8, 4) is 0 Å². The van der Waals surface area contributed by atoms with Crippen LogP contribution in [0.5, 0.6) is 0 Å². The van der Waals surface area contributed by atoms with Crippen LogP contribution in [0.2, 0.25) is 0 Å². The van der Waals surface area contributed by atoms with Crippen molar-refractivity contribution >= 4 is 23.5 Å². The molecule has 7 heteroatoms. The van der Waals surface area contributed by atoms with Gasteiger partial charge in [0.25, 0.3) is 5.91 Å². The number of carbonyl (C=O) groups is 3. The summed E-state index contributed by atoms with van der Waals surface area (Å²) in [6.45, 7) is -0.555. The number of anilines is 1. The monoisotopic (exact) mass is 278 g/mol. The lowest BCUT2D eigenvalue weighted by atomic mass is 10.1. The van der Waals surface area contributed by atoms with E-state index in [0.717, 1.165) is 5.56 Å². The van der Waals surface area contributed by atoms with Crippen LogP contribution in [0.4, 0.5) is 5.69 Å². The number of rotatable bonds is 4. The third kappa shape index (κ3) is 2.77. The van der Waals surface area contributed by atoms with Crippen molar-refractivity contribution in [2.45, 2.75) is 12.5 Å². The summed E-state index contributed by atoms with van der Waals surface area (Å²) in [5.74, 6) is -1.38. The van der Waals surface area contributed by atoms with Gasteiger partial charge in [0.05, 0.1) is 20.1 Å². The van der Waals surface area contributed by atoms with Gasteiger partial charge in [0.15, 0.2) is 6.04 Å². The number of hydrogen-bond acceptors (Lipinski definition) is 5. The molecule has 0 aromatic heterocycles. The summed E-state index contributed by atoms with van der Waals surface area (Å²) in [5.41, 5.74) is 1.69. The highest BCUT2D eigenvalue weighted by Gasteiger charge is 2.23. The average molecular weight is 278 g/mol. The van der Waals surface area contributed by atoms with Gasteiger partial charge in [-0.1, -0.05) is 6.07 Å². The van der Waals surface area contributed by atoms with Gasteiger partial charge >= 0.3 is 5.97 Å². The molecule has 1 aromatic carbocycles. The fourth-order valence-corrected chi connectivity index (χ4v) is 1.92. The number of aliphatic hydroxyl groups excluding tert-OH is 1. The molecule has 0 fully saturated rings. The van der Waals surface area contributed by atoms with Gasteiger partial charge in [0, 0.05) is 11.3 Å². The maximum absolute atomic E-state index is 12.0. The van der Waals surface area contributed by atoms with Gasteiger partial charge in [-0.05, 0) is 17.7 Å². The number of carbonyl (C=O) groups excluding carboxylic acids is 3. The summed E-state index contributed by atoms with van der Waals surface area (Å²) in [4.78, 5) is 34.5. The van der Waals surface area contributed by atoms with Crippen LogP contribution in [0.15, 0.2) is 18.2 Å². The molecule has 0 aliphatic carbocycles.